The van der Waals surface area contributed by atoms with Gasteiger partial charge in [-0.3, -0.25) is 5.01 Å². The minimum absolute atomic E-state index is 0. The molecule has 1 aromatic rings. The van der Waals surface area contributed by atoms with Gasteiger partial charge in [0.15, 0.2) is 0 Å². The van der Waals surface area contributed by atoms with Gasteiger partial charge in [-0.2, -0.15) is 0 Å². The van der Waals surface area contributed by atoms with E-state index in [1.165, 1.54) is 5.01 Å². The first-order valence-electron chi connectivity index (χ1n) is 3.49. The van der Waals surface area contributed by atoms with E-state index in [0.29, 0.717) is 5.69 Å². The van der Waals surface area contributed by atoms with Crippen molar-refractivity contribution >= 4 is 23.0 Å². The van der Waals surface area contributed by atoms with E-state index >= 15 is 0 Å². The molecule has 1 aromatic heterocycles. The van der Waals surface area contributed by atoms with Crippen LogP contribution in [0, 0.1) is 0 Å². The first-order chi connectivity index (χ1) is 6.11. The zero-order valence-electron chi connectivity index (χ0n) is 8.22. The predicted octanol–water partition coefficient (Wildman–Crippen LogP) is -2.32. The molecule has 0 aliphatic heterocycles. The SMILES string of the molecule is CN(C)N=Nc1ccsc1C(=O)[O-].[K+]. The molecule has 70 valence electrons. The van der Waals surface area contributed by atoms with E-state index < -0.39 is 5.97 Å². The standard InChI is InChI=1S/C7H9N3O2S.K/c1-10(2)9-8-5-3-4-13-6(5)7(11)12;/h3-4H,1-2H3,(H,11,12);/q;+1/p-1. The third-order valence-electron chi connectivity index (χ3n) is 1.16. The Bertz CT molecular complexity index is 337. The van der Waals surface area contributed by atoms with Crippen LogP contribution in [0.1, 0.15) is 9.67 Å². The van der Waals surface area contributed by atoms with E-state index in [1.807, 2.05) is 0 Å². The van der Waals surface area contributed by atoms with E-state index in [4.69, 9.17) is 0 Å². The Morgan fingerprint density at radius 2 is 2.21 bits per heavy atom. The Morgan fingerprint density at radius 3 is 2.71 bits per heavy atom. The average molecular weight is 237 g/mol. The van der Waals surface area contributed by atoms with Crippen molar-refractivity contribution in [2.75, 3.05) is 14.1 Å². The summed E-state index contributed by atoms with van der Waals surface area (Å²) in [4.78, 5) is 10.6. The van der Waals surface area contributed by atoms with Gasteiger partial charge in [-0.1, -0.05) is 5.22 Å². The van der Waals surface area contributed by atoms with Gasteiger partial charge >= 0.3 is 51.4 Å². The molecule has 0 amide bonds. The smallest absolute Gasteiger partial charge is 0.544 e. The minimum Gasteiger partial charge on any atom is -0.544 e. The van der Waals surface area contributed by atoms with Gasteiger partial charge in [0.05, 0.1) is 10.8 Å². The van der Waals surface area contributed by atoms with Crippen LogP contribution in [0.3, 0.4) is 0 Å². The molecule has 0 saturated carbocycles. The monoisotopic (exact) mass is 237 g/mol. The van der Waals surface area contributed by atoms with Gasteiger partial charge in [0.2, 0.25) is 0 Å². The van der Waals surface area contributed by atoms with Crippen molar-refractivity contribution in [1.29, 1.82) is 0 Å². The van der Waals surface area contributed by atoms with Crippen molar-refractivity contribution in [1.82, 2.24) is 5.01 Å². The number of aromatic carboxylic acids is 1. The molecule has 0 unspecified atom stereocenters. The molecule has 0 aliphatic rings. The van der Waals surface area contributed by atoms with Crippen LogP contribution in [-0.4, -0.2) is 25.1 Å². The van der Waals surface area contributed by atoms with Crippen molar-refractivity contribution in [3.05, 3.63) is 16.3 Å². The van der Waals surface area contributed by atoms with Crippen LogP contribution >= 0.6 is 11.3 Å². The number of carbonyl (C=O) groups excluding carboxylic acids is 1. The summed E-state index contributed by atoms with van der Waals surface area (Å²) >= 11 is 1.08. The van der Waals surface area contributed by atoms with Gasteiger partial charge in [0, 0.05) is 14.1 Å². The molecule has 5 nitrogen and oxygen atoms in total. The van der Waals surface area contributed by atoms with Gasteiger partial charge in [-0.05, 0) is 11.4 Å². The summed E-state index contributed by atoms with van der Waals surface area (Å²) in [6.45, 7) is 0. The second-order valence-corrected chi connectivity index (χ2v) is 3.38. The van der Waals surface area contributed by atoms with Gasteiger partial charge < -0.3 is 9.90 Å². The van der Waals surface area contributed by atoms with Gasteiger partial charge in [-0.25, -0.2) is 0 Å². The van der Waals surface area contributed by atoms with Gasteiger partial charge in [0.1, 0.15) is 5.69 Å². The fraction of sp³-hybridized carbons (Fsp3) is 0.286. The molecule has 0 bridgehead atoms. The molecule has 0 atom stereocenters. The zero-order chi connectivity index (χ0) is 9.84. The molecule has 0 radical (unpaired) electrons. The Labute approximate surface area is 128 Å². The molecular weight excluding hydrogens is 229 g/mol. The zero-order valence-corrected chi connectivity index (χ0v) is 12.2. The Kier molecular flexibility index (Phi) is 6.74. The Hall–Kier alpha value is 0.206. The average Bonchev–Trinajstić information content (AvgIpc) is 2.47. The van der Waals surface area contributed by atoms with Gasteiger partial charge in [-0.15, -0.1) is 16.5 Å². The van der Waals surface area contributed by atoms with Crippen LogP contribution in [0.25, 0.3) is 0 Å². The summed E-state index contributed by atoms with van der Waals surface area (Å²) in [5.41, 5.74) is 0.332. The van der Waals surface area contributed by atoms with Gasteiger partial charge in [0.25, 0.3) is 0 Å². The summed E-state index contributed by atoms with van der Waals surface area (Å²) in [5, 5.41) is 21.0. The molecule has 0 aliphatic carbocycles. The van der Waals surface area contributed by atoms with Crippen LogP contribution in [0.5, 0.6) is 0 Å². The van der Waals surface area contributed by atoms with Crippen molar-refractivity contribution < 1.29 is 61.3 Å². The first-order valence-corrected chi connectivity index (χ1v) is 4.37. The van der Waals surface area contributed by atoms with Crippen molar-refractivity contribution in [2.24, 2.45) is 10.3 Å². The molecule has 0 N–H and O–H groups in total. The summed E-state index contributed by atoms with van der Waals surface area (Å²) in [6.07, 6.45) is 0. The first kappa shape index (κ1) is 14.2. The van der Waals surface area contributed by atoms with E-state index in [1.54, 1.807) is 25.5 Å². The van der Waals surface area contributed by atoms with Crippen LogP contribution < -0.4 is 56.5 Å². The number of carboxylic acid groups (broad SMARTS) is 1. The summed E-state index contributed by atoms with van der Waals surface area (Å²) in [7, 11) is 3.41. The van der Waals surface area contributed by atoms with E-state index in [9.17, 15) is 9.90 Å². The topological polar surface area (TPSA) is 68.1 Å². The molecular formula is C7H8KN3O2S. The van der Waals surface area contributed by atoms with Crippen LogP contribution in [-0.2, 0) is 0 Å². The second kappa shape index (κ2) is 6.65. The number of hydrogen-bond acceptors (Lipinski definition) is 5. The Morgan fingerprint density at radius 1 is 1.57 bits per heavy atom. The van der Waals surface area contributed by atoms with Crippen molar-refractivity contribution in [3.63, 3.8) is 0 Å². The predicted molar refractivity (Wildman–Crippen MR) is 46.9 cm³/mol. The quantitative estimate of drug-likeness (QED) is 0.336. The molecule has 7 heteroatoms. The maximum absolute atomic E-state index is 10.5. The number of carboxylic acids is 1. The fourth-order valence-corrected chi connectivity index (χ4v) is 1.33. The fourth-order valence-electron chi connectivity index (χ4n) is 0.672. The molecule has 1 rings (SSSR count). The third kappa shape index (κ3) is 4.16. The molecule has 0 fully saturated rings. The van der Waals surface area contributed by atoms with Crippen molar-refractivity contribution in [3.8, 4) is 0 Å². The van der Waals surface area contributed by atoms with Crippen LogP contribution in [0.2, 0.25) is 0 Å². The molecule has 14 heavy (non-hydrogen) atoms. The van der Waals surface area contributed by atoms with E-state index in [2.05, 4.69) is 10.3 Å². The molecule has 0 spiro atoms. The molecule has 0 saturated heterocycles. The Balaban J connectivity index is 0.00000169. The largest absolute Gasteiger partial charge is 1.00 e. The van der Waals surface area contributed by atoms with Crippen LogP contribution in [0.4, 0.5) is 5.69 Å². The number of hydrogen-bond donors (Lipinski definition) is 0. The van der Waals surface area contributed by atoms with Crippen molar-refractivity contribution in [2.45, 2.75) is 0 Å². The summed E-state index contributed by atoms with van der Waals surface area (Å²) in [6, 6.07) is 1.59. The summed E-state index contributed by atoms with van der Waals surface area (Å²) < 4.78 is 0. The number of carbonyl (C=O) groups is 1. The van der Waals surface area contributed by atoms with E-state index in [-0.39, 0.29) is 56.3 Å². The summed E-state index contributed by atoms with van der Waals surface area (Å²) in [5.74, 6) is -1.22. The molecule has 0 aromatic carbocycles. The maximum atomic E-state index is 10.5. The third-order valence-corrected chi connectivity index (χ3v) is 2.04. The normalized spacial score (nSPS) is 9.86. The van der Waals surface area contributed by atoms with Crippen LogP contribution in [0.15, 0.2) is 21.8 Å². The maximum Gasteiger partial charge on any atom is 1.00 e. The number of thiophene rings is 1. The minimum atomic E-state index is -1.22. The second-order valence-electron chi connectivity index (χ2n) is 2.46. The number of nitrogens with zero attached hydrogens (tertiary/aromatic N) is 3. The number of rotatable bonds is 3. The molecule has 1 heterocycles. The van der Waals surface area contributed by atoms with E-state index in [0.717, 1.165) is 11.3 Å².